The molecule has 0 amide bonds. The molecule has 0 spiro atoms. The third kappa shape index (κ3) is 1.93. The van der Waals surface area contributed by atoms with Gasteiger partial charge in [0.25, 0.3) is 0 Å². The van der Waals surface area contributed by atoms with Crippen LogP contribution < -0.4 is 0 Å². The molecule has 5 heteroatoms. The number of fused-ring (bicyclic) bond motifs is 1. The van der Waals surface area contributed by atoms with E-state index in [-0.39, 0.29) is 11.8 Å². The van der Waals surface area contributed by atoms with Gasteiger partial charge in [0, 0.05) is 10.7 Å². The van der Waals surface area contributed by atoms with Crippen molar-refractivity contribution in [1.82, 2.24) is 14.6 Å². The number of nitrogens with zero attached hydrogens (tertiary/aromatic N) is 4. The van der Waals surface area contributed by atoms with E-state index in [0.717, 1.165) is 10.1 Å². The van der Waals surface area contributed by atoms with Gasteiger partial charge in [-0.25, -0.2) is 9.50 Å². The Labute approximate surface area is 102 Å². The van der Waals surface area contributed by atoms with Crippen LogP contribution in [0.3, 0.4) is 0 Å². The highest BCUT2D eigenvalue weighted by Crippen LogP contribution is 2.21. The standard InChI is InChI=1S/C11H11BrN4/c1-7(2)9(6-13)11-14-10-5-8(12)3-4-16(10)15-11/h3-5,7,9H,1-2H3. The van der Waals surface area contributed by atoms with Gasteiger partial charge in [-0.15, -0.1) is 5.10 Å². The van der Waals surface area contributed by atoms with Crippen LogP contribution in [-0.4, -0.2) is 14.6 Å². The average Bonchev–Trinajstić information content (AvgIpc) is 2.60. The van der Waals surface area contributed by atoms with Crippen LogP contribution in [0.4, 0.5) is 0 Å². The Morgan fingerprint density at radius 3 is 2.88 bits per heavy atom. The first-order valence-electron chi connectivity index (χ1n) is 5.03. The zero-order valence-corrected chi connectivity index (χ0v) is 10.6. The molecule has 0 bridgehead atoms. The average molecular weight is 279 g/mol. The minimum Gasteiger partial charge on any atom is -0.221 e. The summed E-state index contributed by atoms with van der Waals surface area (Å²) in [6.45, 7) is 3.99. The molecule has 0 aliphatic rings. The van der Waals surface area contributed by atoms with Crippen molar-refractivity contribution < 1.29 is 0 Å². The molecule has 0 radical (unpaired) electrons. The minimum atomic E-state index is -0.251. The van der Waals surface area contributed by atoms with Crippen molar-refractivity contribution in [2.45, 2.75) is 19.8 Å². The van der Waals surface area contributed by atoms with Gasteiger partial charge >= 0.3 is 0 Å². The molecule has 2 heterocycles. The van der Waals surface area contributed by atoms with E-state index in [1.165, 1.54) is 0 Å². The van der Waals surface area contributed by atoms with E-state index in [2.05, 4.69) is 32.1 Å². The van der Waals surface area contributed by atoms with E-state index in [4.69, 9.17) is 5.26 Å². The summed E-state index contributed by atoms with van der Waals surface area (Å²) in [6, 6.07) is 6.01. The Bertz CT molecular complexity index is 553. The van der Waals surface area contributed by atoms with Gasteiger partial charge in [-0.2, -0.15) is 5.26 Å². The normalized spacial score (nSPS) is 12.9. The zero-order chi connectivity index (χ0) is 11.7. The molecular formula is C11H11BrN4. The Kier molecular flexibility index (Phi) is 2.92. The predicted molar refractivity (Wildman–Crippen MR) is 63.9 cm³/mol. The Morgan fingerprint density at radius 1 is 1.50 bits per heavy atom. The molecule has 0 saturated carbocycles. The number of hydrogen-bond acceptors (Lipinski definition) is 3. The lowest BCUT2D eigenvalue weighted by Gasteiger charge is -2.07. The lowest BCUT2D eigenvalue weighted by Crippen LogP contribution is -2.06. The van der Waals surface area contributed by atoms with Gasteiger partial charge in [-0.3, -0.25) is 0 Å². The number of rotatable bonds is 2. The summed E-state index contributed by atoms with van der Waals surface area (Å²) in [5.41, 5.74) is 0.755. The fourth-order valence-electron chi connectivity index (χ4n) is 1.51. The number of nitriles is 1. The first kappa shape index (κ1) is 11.1. The van der Waals surface area contributed by atoms with Crippen molar-refractivity contribution in [2.75, 3.05) is 0 Å². The summed E-state index contributed by atoms with van der Waals surface area (Å²) in [6.07, 6.45) is 1.82. The molecule has 2 aromatic rings. The first-order chi connectivity index (χ1) is 7.61. The maximum absolute atomic E-state index is 9.08. The van der Waals surface area contributed by atoms with Crippen LogP contribution in [0.2, 0.25) is 0 Å². The van der Waals surface area contributed by atoms with Crippen molar-refractivity contribution in [3.63, 3.8) is 0 Å². The number of hydrogen-bond donors (Lipinski definition) is 0. The molecule has 4 nitrogen and oxygen atoms in total. The molecule has 16 heavy (non-hydrogen) atoms. The molecule has 2 rings (SSSR count). The fraction of sp³-hybridized carbons (Fsp3) is 0.364. The largest absolute Gasteiger partial charge is 0.221 e. The lowest BCUT2D eigenvalue weighted by molar-refractivity contribution is 0.561. The quantitative estimate of drug-likeness (QED) is 0.849. The Hall–Kier alpha value is -1.41. The van der Waals surface area contributed by atoms with E-state index in [9.17, 15) is 0 Å². The number of halogens is 1. The van der Waals surface area contributed by atoms with Crippen LogP contribution in [0.15, 0.2) is 22.8 Å². The topological polar surface area (TPSA) is 54.0 Å². The summed E-state index contributed by atoms with van der Waals surface area (Å²) in [7, 11) is 0. The highest BCUT2D eigenvalue weighted by Gasteiger charge is 2.20. The fourth-order valence-corrected chi connectivity index (χ4v) is 1.83. The predicted octanol–water partition coefficient (Wildman–Crippen LogP) is 2.75. The SMILES string of the molecule is CC(C)C(C#N)c1nc2cc(Br)ccn2n1. The van der Waals surface area contributed by atoms with Crippen LogP contribution in [0.25, 0.3) is 5.65 Å². The maximum atomic E-state index is 9.08. The molecule has 82 valence electrons. The number of aromatic nitrogens is 3. The monoisotopic (exact) mass is 278 g/mol. The van der Waals surface area contributed by atoms with Crippen molar-refractivity contribution >= 4 is 21.6 Å². The lowest BCUT2D eigenvalue weighted by atomic mass is 9.97. The second kappa shape index (κ2) is 4.22. The van der Waals surface area contributed by atoms with Crippen LogP contribution in [0, 0.1) is 17.2 Å². The van der Waals surface area contributed by atoms with Gasteiger partial charge in [0.15, 0.2) is 11.5 Å². The van der Waals surface area contributed by atoms with Gasteiger partial charge in [-0.05, 0) is 18.1 Å². The van der Waals surface area contributed by atoms with Crippen molar-refractivity contribution in [2.24, 2.45) is 5.92 Å². The first-order valence-corrected chi connectivity index (χ1v) is 5.82. The van der Waals surface area contributed by atoms with Crippen molar-refractivity contribution in [3.8, 4) is 6.07 Å². The molecule has 0 aliphatic carbocycles. The maximum Gasteiger partial charge on any atom is 0.169 e. The Morgan fingerprint density at radius 2 is 2.25 bits per heavy atom. The molecule has 0 aliphatic heterocycles. The summed E-state index contributed by atoms with van der Waals surface area (Å²) < 4.78 is 2.64. The van der Waals surface area contributed by atoms with Gasteiger partial charge in [0.1, 0.15) is 5.92 Å². The van der Waals surface area contributed by atoms with Crippen LogP contribution >= 0.6 is 15.9 Å². The van der Waals surface area contributed by atoms with E-state index in [1.807, 2.05) is 32.2 Å². The van der Waals surface area contributed by atoms with Crippen molar-refractivity contribution in [3.05, 3.63) is 28.6 Å². The molecule has 0 fully saturated rings. The van der Waals surface area contributed by atoms with E-state index in [0.29, 0.717) is 5.82 Å². The molecule has 1 atom stereocenters. The second-order valence-corrected chi connectivity index (χ2v) is 4.88. The van der Waals surface area contributed by atoms with Gasteiger partial charge in [0.05, 0.1) is 6.07 Å². The van der Waals surface area contributed by atoms with E-state index < -0.39 is 0 Å². The van der Waals surface area contributed by atoms with Gasteiger partial charge in [0.2, 0.25) is 0 Å². The molecule has 0 N–H and O–H groups in total. The van der Waals surface area contributed by atoms with Gasteiger partial charge < -0.3 is 0 Å². The van der Waals surface area contributed by atoms with Gasteiger partial charge in [-0.1, -0.05) is 29.8 Å². The van der Waals surface area contributed by atoms with Crippen LogP contribution in [-0.2, 0) is 0 Å². The molecular weight excluding hydrogens is 268 g/mol. The summed E-state index contributed by atoms with van der Waals surface area (Å²) in [5.74, 6) is 0.556. The third-order valence-electron chi connectivity index (χ3n) is 2.40. The molecule has 1 unspecified atom stereocenters. The van der Waals surface area contributed by atoms with Crippen molar-refractivity contribution in [1.29, 1.82) is 5.26 Å². The molecule has 0 saturated heterocycles. The van der Waals surface area contributed by atoms with E-state index in [1.54, 1.807) is 4.52 Å². The second-order valence-electron chi connectivity index (χ2n) is 3.97. The summed E-state index contributed by atoms with van der Waals surface area (Å²) in [4.78, 5) is 4.37. The highest BCUT2D eigenvalue weighted by molar-refractivity contribution is 9.10. The summed E-state index contributed by atoms with van der Waals surface area (Å²) >= 11 is 3.38. The van der Waals surface area contributed by atoms with Crippen LogP contribution in [0.5, 0.6) is 0 Å². The number of pyridine rings is 1. The van der Waals surface area contributed by atoms with E-state index >= 15 is 0 Å². The third-order valence-corrected chi connectivity index (χ3v) is 2.89. The summed E-state index contributed by atoms with van der Waals surface area (Å²) in [5, 5.41) is 13.4. The minimum absolute atomic E-state index is 0.214. The smallest absolute Gasteiger partial charge is 0.169 e. The Balaban J connectivity index is 2.51. The molecule has 0 aromatic carbocycles. The zero-order valence-electron chi connectivity index (χ0n) is 9.05. The highest BCUT2D eigenvalue weighted by atomic mass is 79.9. The van der Waals surface area contributed by atoms with Crippen LogP contribution in [0.1, 0.15) is 25.6 Å². The molecule has 2 aromatic heterocycles.